The van der Waals surface area contributed by atoms with Crippen molar-refractivity contribution in [3.63, 3.8) is 0 Å². The van der Waals surface area contributed by atoms with Gasteiger partial charge in [-0.05, 0) is 19.1 Å². The van der Waals surface area contributed by atoms with Crippen LogP contribution in [0.5, 0.6) is 0 Å². The zero-order chi connectivity index (χ0) is 21.1. The number of non-ortho nitro benzene ring substituents is 1. The minimum atomic E-state index is -4.13. The van der Waals surface area contributed by atoms with Crippen molar-refractivity contribution in [2.75, 3.05) is 13.1 Å². The minimum Gasteiger partial charge on any atom is -0.368 e. The predicted molar refractivity (Wildman–Crippen MR) is 94.6 cm³/mol. The number of hydrogen-bond donors (Lipinski definition) is 2. The van der Waals surface area contributed by atoms with Crippen LogP contribution in [0.2, 0.25) is 0 Å². The average molecular weight is 411 g/mol. The molecule has 1 aromatic carbocycles. The Balaban J connectivity index is 2.08. The zero-order valence-corrected chi connectivity index (χ0v) is 15.5. The molecule has 3 N–H and O–H groups in total. The third kappa shape index (κ3) is 4.89. The lowest BCUT2D eigenvalue weighted by Gasteiger charge is -2.29. The van der Waals surface area contributed by atoms with Crippen molar-refractivity contribution >= 4 is 33.4 Å². The van der Waals surface area contributed by atoms with E-state index in [0.29, 0.717) is 0 Å². The number of sulfonamides is 1. The van der Waals surface area contributed by atoms with Crippen LogP contribution in [-0.2, 0) is 24.4 Å². The minimum absolute atomic E-state index is 0.254. The van der Waals surface area contributed by atoms with Crippen molar-refractivity contribution in [3.05, 3.63) is 46.8 Å². The molecule has 0 saturated carbocycles. The molecular weight excluding hydrogens is 394 g/mol. The number of hydrogen-bond acceptors (Lipinski definition) is 7. The fraction of sp³-hybridized carbons (Fsp3) is 0.267. The van der Waals surface area contributed by atoms with Gasteiger partial charge in [-0.25, -0.2) is 8.42 Å². The number of nitro benzene ring substituents is 1. The number of carbonyl (C=O) groups excluding carboxylic acids is 3. The number of rotatable bonds is 7. The highest BCUT2D eigenvalue weighted by Crippen LogP contribution is 2.16. The second-order valence-electron chi connectivity index (χ2n) is 5.85. The standard InChI is InChI=1S/C15H17N5O7S/c1-10(15(23)19-7-6-18(8-13(16)21)14(22)9-19)17-28(26,27)12-4-2-11(3-5-12)20(24)25/h2-7,10,17H,8-9H2,1H3,(H2,16,21)/t10-/m0/s1. The molecule has 0 aliphatic carbocycles. The molecule has 0 spiro atoms. The highest BCUT2D eigenvalue weighted by Gasteiger charge is 2.29. The molecule has 0 saturated heterocycles. The van der Waals surface area contributed by atoms with Gasteiger partial charge in [-0.15, -0.1) is 0 Å². The fourth-order valence-corrected chi connectivity index (χ4v) is 3.54. The predicted octanol–water partition coefficient (Wildman–Crippen LogP) is -1.11. The van der Waals surface area contributed by atoms with Crippen LogP contribution in [0.3, 0.4) is 0 Å². The summed E-state index contributed by atoms with van der Waals surface area (Å²) >= 11 is 0. The Kier molecular flexibility index (Phi) is 6.10. The van der Waals surface area contributed by atoms with E-state index in [1.165, 1.54) is 19.3 Å². The monoisotopic (exact) mass is 411 g/mol. The Hall–Kier alpha value is -3.32. The van der Waals surface area contributed by atoms with E-state index < -0.39 is 38.7 Å². The summed E-state index contributed by atoms with van der Waals surface area (Å²) < 4.78 is 26.9. The van der Waals surface area contributed by atoms with E-state index in [2.05, 4.69) is 4.72 Å². The molecular formula is C15H17N5O7S. The molecule has 1 aromatic rings. The maximum absolute atomic E-state index is 12.4. The first-order valence-corrected chi connectivity index (χ1v) is 9.33. The van der Waals surface area contributed by atoms with Gasteiger partial charge in [0.15, 0.2) is 0 Å². The average Bonchev–Trinajstić information content (AvgIpc) is 2.62. The van der Waals surface area contributed by atoms with E-state index >= 15 is 0 Å². The molecule has 0 aromatic heterocycles. The van der Waals surface area contributed by atoms with Crippen LogP contribution in [0.1, 0.15) is 6.92 Å². The van der Waals surface area contributed by atoms with Gasteiger partial charge in [-0.3, -0.25) is 24.5 Å². The summed E-state index contributed by atoms with van der Waals surface area (Å²) in [7, 11) is -4.13. The summed E-state index contributed by atoms with van der Waals surface area (Å²) in [4.78, 5) is 47.0. The van der Waals surface area contributed by atoms with Crippen LogP contribution in [0.25, 0.3) is 0 Å². The molecule has 0 unspecified atom stereocenters. The Labute approximate surface area is 159 Å². The molecule has 150 valence electrons. The molecule has 3 amide bonds. The number of nitrogens with one attached hydrogen (secondary N) is 1. The van der Waals surface area contributed by atoms with Gasteiger partial charge in [0.1, 0.15) is 13.1 Å². The summed E-state index contributed by atoms with van der Waals surface area (Å²) in [5, 5.41) is 10.6. The second-order valence-corrected chi connectivity index (χ2v) is 7.56. The Morgan fingerprint density at radius 1 is 1.29 bits per heavy atom. The number of amides is 3. The highest BCUT2D eigenvalue weighted by molar-refractivity contribution is 7.89. The molecule has 13 heteroatoms. The number of benzene rings is 1. The van der Waals surface area contributed by atoms with Crippen molar-refractivity contribution < 1.29 is 27.7 Å². The van der Waals surface area contributed by atoms with Gasteiger partial charge in [0, 0.05) is 24.5 Å². The molecule has 28 heavy (non-hydrogen) atoms. The van der Waals surface area contributed by atoms with Gasteiger partial charge in [-0.1, -0.05) is 0 Å². The maximum Gasteiger partial charge on any atom is 0.269 e. The molecule has 1 aliphatic heterocycles. The Morgan fingerprint density at radius 3 is 2.39 bits per heavy atom. The van der Waals surface area contributed by atoms with E-state index in [1.54, 1.807) is 0 Å². The highest BCUT2D eigenvalue weighted by atomic mass is 32.2. The topological polar surface area (TPSA) is 173 Å². The summed E-state index contributed by atoms with van der Waals surface area (Å²) in [6, 6.07) is 2.93. The van der Waals surface area contributed by atoms with Gasteiger partial charge in [-0.2, -0.15) is 4.72 Å². The van der Waals surface area contributed by atoms with Crippen LogP contribution in [0, 0.1) is 10.1 Å². The summed E-state index contributed by atoms with van der Waals surface area (Å²) in [6.45, 7) is 0.575. The van der Waals surface area contributed by atoms with Crippen molar-refractivity contribution in [1.29, 1.82) is 0 Å². The Bertz CT molecular complexity index is 942. The normalized spacial score (nSPS) is 15.4. The number of primary amides is 1. The Morgan fingerprint density at radius 2 is 1.89 bits per heavy atom. The SMILES string of the molecule is C[C@H](NS(=O)(=O)c1ccc([N+](=O)[O-])cc1)C(=O)N1C=CN(CC(N)=O)C(=O)C1. The number of carbonyl (C=O) groups is 3. The molecule has 1 atom stereocenters. The molecule has 1 aliphatic rings. The van der Waals surface area contributed by atoms with Gasteiger partial charge in [0.2, 0.25) is 27.7 Å². The van der Waals surface area contributed by atoms with E-state index in [-0.39, 0.29) is 23.7 Å². The summed E-state index contributed by atoms with van der Waals surface area (Å²) in [6.07, 6.45) is 2.44. The van der Waals surface area contributed by atoms with Gasteiger partial charge < -0.3 is 15.5 Å². The van der Waals surface area contributed by atoms with Crippen LogP contribution < -0.4 is 10.5 Å². The lowest BCUT2D eigenvalue weighted by molar-refractivity contribution is -0.384. The molecule has 0 radical (unpaired) electrons. The van der Waals surface area contributed by atoms with Gasteiger partial charge >= 0.3 is 0 Å². The number of nitrogens with zero attached hydrogens (tertiary/aromatic N) is 3. The van der Waals surface area contributed by atoms with Crippen molar-refractivity contribution in [3.8, 4) is 0 Å². The number of nitro groups is 1. The molecule has 2 rings (SSSR count). The van der Waals surface area contributed by atoms with E-state index in [1.807, 2.05) is 0 Å². The van der Waals surface area contributed by atoms with Crippen molar-refractivity contribution in [2.45, 2.75) is 17.9 Å². The third-order valence-corrected chi connectivity index (χ3v) is 5.28. The van der Waals surface area contributed by atoms with Crippen LogP contribution in [-0.4, -0.2) is 60.0 Å². The van der Waals surface area contributed by atoms with Crippen LogP contribution in [0.4, 0.5) is 5.69 Å². The van der Waals surface area contributed by atoms with Crippen molar-refractivity contribution in [2.24, 2.45) is 5.73 Å². The van der Waals surface area contributed by atoms with Gasteiger partial charge in [0.25, 0.3) is 5.69 Å². The summed E-state index contributed by atoms with van der Waals surface area (Å²) in [5.74, 6) is -1.98. The van der Waals surface area contributed by atoms with E-state index in [4.69, 9.17) is 5.73 Å². The van der Waals surface area contributed by atoms with Crippen LogP contribution >= 0.6 is 0 Å². The summed E-state index contributed by atoms with van der Waals surface area (Å²) in [5.41, 5.74) is 4.74. The second kappa shape index (κ2) is 8.14. The molecule has 0 bridgehead atoms. The number of nitrogens with two attached hydrogens (primary N) is 1. The first kappa shape index (κ1) is 21.0. The van der Waals surface area contributed by atoms with Crippen molar-refractivity contribution in [1.82, 2.24) is 14.5 Å². The van der Waals surface area contributed by atoms with Gasteiger partial charge in [0.05, 0.1) is 15.9 Å². The lowest BCUT2D eigenvalue weighted by atomic mass is 10.3. The molecule has 1 heterocycles. The lowest BCUT2D eigenvalue weighted by Crippen LogP contribution is -2.50. The fourth-order valence-electron chi connectivity index (χ4n) is 2.34. The van der Waals surface area contributed by atoms with Crippen LogP contribution in [0.15, 0.2) is 41.6 Å². The maximum atomic E-state index is 12.4. The smallest absolute Gasteiger partial charge is 0.269 e. The van der Waals surface area contributed by atoms with E-state index in [0.717, 1.165) is 34.1 Å². The molecule has 0 fully saturated rings. The quantitative estimate of drug-likeness (QED) is 0.422. The zero-order valence-electron chi connectivity index (χ0n) is 14.6. The largest absolute Gasteiger partial charge is 0.368 e. The third-order valence-electron chi connectivity index (χ3n) is 3.72. The molecule has 12 nitrogen and oxygen atoms in total. The first-order valence-electron chi connectivity index (χ1n) is 7.84. The first-order chi connectivity index (χ1) is 13.0. The van der Waals surface area contributed by atoms with E-state index in [9.17, 15) is 32.9 Å².